The summed E-state index contributed by atoms with van der Waals surface area (Å²) in [5, 5.41) is 4.88. The Morgan fingerprint density at radius 3 is 2.69 bits per heavy atom. The van der Waals surface area contributed by atoms with Gasteiger partial charge in [-0.05, 0) is 32.3 Å². The van der Waals surface area contributed by atoms with Crippen molar-refractivity contribution in [2.75, 3.05) is 11.1 Å². The van der Waals surface area contributed by atoms with Crippen LogP contribution in [0.4, 0.5) is 5.13 Å². The highest BCUT2D eigenvalue weighted by molar-refractivity contribution is 7.92. The lowest BCUT2D eigenvalue weighted by Crippen LogP contribution is -2.24. The minimum absolute atomic E-state index is 0.0166. The second-order valence-electron chi connectivity index (χ2n) is 6.93. The van der Waals surface area contributed by atoms with E-state index in [9.17, 15) is 13.2 Å². The summed E-state index contributed by atoms with van der Waals surface area (Å²) in [7, 11) is -3.17. The Balaban J connectivity index is 1.59. The zero-order valence-corrected chi connectivity index (χ0v) is 16.8. The van der Waals surface area contributed by atoms with Crippen LogP contribution in [-0.2, 0) is 14.6 Å². The molecule has 0 bridgehead atoms. The SMILES string of the molecule is Cc1ccc(-c2csc(NC(=O)CCS(=O)(=O)C3CCCC3)n2)c(C)c1. The lowest BCUT2D eigenvalue weighted by molar-refractivity contribution is -0.115. The van der Waals surface area contributed by atoms with Gasteiger partial charge >= 0.3 is 0 Å². The first kappa shape index (κ1) is 19.0. The number of nitrogens with one attached hydrogen (secondary N) is 1. The van der Waals surface area contributed by atoms with Gasteiger partial charge in [0.25, 0.3) is 0 Å². The van der Waals surface area contributed by atoms with Gasteiger partial charge in [-0.15, -0.1) is 11.3 Å². The summed E-state index contributed by atoms with van der Waals surface area (Å²) in [6.45, 7) is 4.08. The average molecular weight is 393 g/mol. The molecule has 0 unspecified atom stereocenters. The summed E-state index contributed by atoms with van der Waals surface area (Å²) < 4.78 is 24.5. The van der Waals surface area contributed by atoms with E-state index >= 15 is 0 Å². The first-order chi connectivity index (χ1) is 12.3. The van der Waals surface area contributed by atoms with Gasteiger partial charge in [0.15, 0.2) is 15.0 Å². The van der Waals surface area contributed by atoms with Crippen molar-refractivity contribution in [3.63, 3.8) is 0 Å². The number of amides is 1. The Labute approximate surface area is 158 Å². The fourth-order valence-electron chi connectivity index (χ4n) is 3.39. The molecule has 1 heterocycles. The van der Waals surface area contributed by atoms with E-state index in [1.807, 2.05) is 31.4 Å². The predicted molar refractivity (Wildman–Crippen MR) is 106 cm³/mol. The van der Waals surface area contributed by atoms with Crippen molar-refractivity contribution in [1.29, 1.82) is 0 Å². The fraction of sp³-hybridized carbons (Fsp3) is 0.474. The topological polar surface area (TPSA) is 76.1 Å². The molecule has 1 aromatic heterocycles. The lowest BCUT2D eigenvalue weighted by atomic mass is 10.0. The average Bonchev–Trinajstić information content (AvgIpc) is 3.25. The van der Waals surface area contributed by atoms with E-state index in [-0.39, 0.29) is 23.3 Å². The fourth-order valence-corrected chi connectivity index (χ4v) is 5.97. The molecule has 1 aliphatic carbocycles. The molecule has 2 aromatic rings. The van der Waals surface area contributed by atoms with Gasteiger partial charge in [-0.25, -0.2) is 13.4 Å². The molecule has 3 rings (SSSR count). The van der Waals surface area contributed by atoms with Crippen molar-refractivity contribution < 1.29 is 13.2 Å². The van der Waals surface area contributed by atoms with Gasteiger partial charge in [0.1, 0.15) is 0 Å². The van der Waals surface area contributed by atoms with Crippen LogP contribution < -0.4 is 5.32 Å². The minimum atomic E-state index is -3.17. The van der Waals surface area contributed by atoms with E-state index in [0.29, 0.717) is 5.13 Å². The van der Waals surface area contributed by atoms with Crippen molar-refractivity contribution >= 4 is 32.2 Å². The van der Waals surface area contributed by atoms with Crippen LogP contribution in [0.15, 0.2) is 23.6 Å². The molecule has 7 heteroatoms. The van der Waals surface area contributed by atoms with Crippen molar-refractivity contribution in [3.05, 3.63) is 34.7 Å². The molecular weight excluding hydrogens is 368 g/mol. The van der Waals surface area contributed by atoms with Crippen molar-refractivity contribution in [2.45, 2.75) is 51.2 Å². The Morgan fingerprint density at radius 1 is 1.27 bits per heavy atom. The van der Waals surface area contributed by atoms with E-state index in [1.54, 1.807) is 0 Å². The summed E-state index contributed by atoms with van der Waals surface area (Å²) in [6.07, 6.45) is 3.38. The largest absolute Gasteiger partial charge is 0.302 e. The van der Waals surface area contributed by atoms with Crippen LogP contribution in [0.2, 0.25) is 0 Å². The number of hydrogen-bond acceptors (Lipinski definition) is 5. The predicted octanol–water partition coefficient (Wildman–Crippen LogP) is 4.11. The summed E-state index contributed by atoms with van der Waals surface area (Å²) in [5.74, 6) is -0.383. The molecule has 1 amide bonds. The number of rotatable bonds is 6. The molecule has 1 aromatic carbocycles. The summed E-state index contributed by atoms with van der Waals surface area (Å²) in [4.78, 5) is 16.6. The summed E-state index contributed by atoms with van der Waals surface area (Å²) in [6, 6.07) is 6.16. The van der Waals surface area contributed by atoms with E-state index in [0.717, 1.165) is 42.5 Å². The van der Waals surface area contributed by atoms with E-state index in [4.69, 9.17) is 0 Å². The zero-order valence-electron chi connectivity index (χ0n) is 15.1. The van der Waals surface area contributed by atoms with Gasteiger partial charge < -0.3 is 5.32 Å². The van der Waals surface area contributed by atoms with Crippen LogP contribution in [0.3, 0.4) is 0 Å². The molecule has 0 radical (unpaired) electrons. The number of thiazole rings is 1. The number of sulfone groups is 1. The second kappa shape index (κ2) is 7.88. The first-order valence-electron chi connectivity index (χ1n) is 8.90. The third-order valence-corrected chi connectivity index (χ3v) is 7.85. The standard InChI is InChI=1S/C19H24N2O3S2/c1-13-7-8-16(14(2)11-13)17-12-25-19(20-17)21-18(22)9-10-26(23,24)15-5-3-4-6-15/h7-8,11-12,15H,3-6,9-10H2,1-2H3,(H,20,21,22). The number of carbonyl (C=O) groups is 1. The molecule has 5 nitrogen and oxygen atoms in total. The molecule has 1 aliphatic rings. The normalized spacial score (nSPS) is 15.3. The van der Waals surface area contributed by atoms with Gasteiger partial charge in [0, 0.05) is 17.4 Å². The van der Waals surface area contributed by atoms with Gasteiger partial charge in [0.2, 0.25) is 5.91 Å². The summed E-state index contributed by atoms with van der Waals surface area (Å²) >= 11 is 1.35. The minimum Gasteiger partial charge on any atom is -0.302 e. The Hall–Kier alpha value is -1.73. The van der Waals surface area contributed by atoms with E-state index in [2.05, 4.69) is 16.4 Å². The lowest BCUT2D eigenvalue weighted by Gasteiger charge is -2.10. The highest BCUT2D eigenvalue weighted by atomic mass is 32.2. The molecule has 0 aliphatic heterocycles. The number of benzene rings is 1. The number of nitrogens with zero attached hydrogens (tertiary/aromatic N) is 1. The smallest absolute Gasteiger partial charge is 0.227 e. The molecular formula is C19H24N2O3S2. The van der Waals surface area contributed by atoms with Crippen LogP contribution in [-0.4, -0.2) is 30.3 Å². The second-order valence-corrected chi connectivity index (χ2v) is 10.2. The number of aryl methyl sites for hydroxylation is 2. The zero-order chi connectivity index (χ0) is 18.7. The third kappa shape index (κ3) is 4.51. The highest BCUT2D eigenvalue weighted by Crippen LogP contribution is 2.28. The van der Waals surface area contributed by atoms with Crippen molar-refractivity contribution in [1.82, 2.24) is 4.98 Å². The quantitative estimate of drug-likeness (QED) is 0.802. The van der Waals surface area contributed by atoms with E-state index in [1.165, 1.54) is 16.9 Å². The monoisotopic (exact) mass is 392 g/mol. The number of carbonyl (C=O) groups excluding carboxylic acids is 1. The number of aromatic nitrogens is 1. The van der Waals surface area contributed by atoms with Crippen LogP contribution in [0, 0.1) is 13.8 Å². The Kier molecular flexibility index (Phi) is 5.77. The van der Waals surface area contributed by atoms with Crippen LogP contribution >= 0.6 is 11.3 Å². The molecule has 0 saturated heterocycles. The van der Waals surface area contributed by atoms with E-state index < -0.39 is 9.84 Å². The van der Waals surface area contributed by atoms with Crippen LogP contribution in [0.25, 0.3) is 11.3 Å². The molecule has 26 heavy (non-hydrogen) atoms. The van der Waals surface area contributed by atoms with Crippen LogP contribution in [0.1, 0.15) is 43.2 Å². The van der Waals surface area contributed by atoms with Gasteiger partial charge in [-0.2, -0.15) is 0 Å². The van der Waals surface area contributed by atoms with Crippen molar-refractivity contribution in [2.24, 2.45) is 0 Å². The first-order valence-corrected chi connectivity index (χ1v) is 11.5. The highest BCUT2D eigenvalue weighted by Gasteiger charge is 2.28. The molecule has 140 valence electrons. The molecule has 1 saturated carbocycles. The number of hydrogen-bond donors (Lipinski definition) is 1. The maximum Gasteiger partial charge on any atom is 0.227 e. The Morgan fingerprint density at radius 2 is 2.00 bits per heavy atom. The van der Waals surface area contributed by atoms with Gasteiger partial charge in [0.05, 0.1) is 16.7 Å². The van der Waals surface area contributed by atoms with Crippen LogP contribution in [0.5, 0.6) is 0 Å². The molecule has 0 atom stereocenters. The van der Waals surface area contributed by atoms with Gasteiger partial charge in [-0.3, -0.25) is 4.79 Å². The van der Waals surface area contributed by atoms with Crippen molar-refractivity contribution in [3.8, 4) is 11.3 Å². The summed E-state index contributed by atoms with van der Waals surface area (Å²) in [5.41, 5.74) is 4.19. The molecule has 1 fully saturated rings. The molecule has 1 N–H and O–H groups in total. The molecule has 0 spiro atoms. The maximum atomic E-state index is 12.3. The maximum absolute atomic E-state index is 12.3. The third-order valence-electron chi connectivity index (χ3n) is 4.83. The van der Waals surface area contributed by atoms with Gasteiger partial charge in [-0.1, -0.05) is 36.6 Å². The number of anilines is 1. The Bertz CT molecular complexity index is 897.